The van der Waals surface area contributed by atoms with E-state index >= 15 is 0 Å². The molecule has 1 heterocycles. The highest BCUT2D eigenvalue weighted by atomic mass is 16.1. The Morgan fingerprint density at radius 3 is 2.57 bits per heavy atom. The lowest BCUT2D eigenvalue weighted by Gasteiger charge is -2.11. The summed E-state index contributed by atoms with van der Waals surface area (Å²) >= 11 is 0. The lowest BCUT2D eigenvalue weighted by atomic mass is 10.2. The highest BCUT2D eigenvalue weighted by Gasteiger charge is 2.06. The van der Waals surface area contributed by atoms with Crippen molar-refractivity contribution in [2.75, 3.05) is 32.5 Å². The first kappa shape index (κ1) is 17.0. The second-order valence-corrected chi connectivity index (χ2v) is 5.87. The van der Waals surface area contributed by atoms with Crippen LogP contribution in [-0.2, 0) is 0 Å². The van der Waals surface area contributed by atoms with E-state index in [2.05, 4.69) is 20.5 Å². The molecule has 23 heavy (non-hydrogen) atoms. The van der Waals surface area contributed by atoms with Crippen molar-refractivity contribution in [2.45, 2.75) is 13.3 Å². The van der Waals surface area contributed by atoms with Gasteiger partial charge in [0.15, 0.2) is 0 Å². The maximum atomic E-state index is 12.1. The van der Waals surface area contributed by atoms with E-state index in [-0.39, 0.29) is 5.91 Å². The molecule has 0 aliphatic heterocycles. The number of amides is 1. The zero-order valence-electron chi connectivity index (χ0n) is 14.0. The lowest BCUT2D eigenvalue weighted by Crippen LogP contribution is -2.27. The molecule has 0 saturated carbocycles. The molecule has 0 unspecified atom stereocenters. The van der Waals surface area contributed by atoms with Gasteiger partial charge in [0, 0.05) is 18.4 Å². The molecule has 0 spiro atoms. The van der Waals surface area contributed by atoms with Gasteiger partial charge in [-0.15, -0.1) is 0 Å². The van der Waals surface area contributed by atoms with Crippen LogP contribution in [0.1, 0.15) is 22.3 Å². The van der Waals surface area contributed by atoms with Gasteiger partial charge in [-0.2, -0.15) is 0 Å². The summed E-state index contributed by atoms with van der Waals surface area (Å²) in [5.41, 5.74) is 3.54. The summed E-state index contributed by atoms with van der Waals surface area (Å²) < 4.78 is 0. The van der Waals surface area contributed by atoms with Gasteiger partial charge in [0.05, 0.1) is 17.4 Å². The fraction of sp³-hybridized carbons (Fsp3) is 0.333. The molecule has 0 bridgehead atoms. The number of nitrogens with one attached hydrogen (secondary N) is 2. The van der Waals surface area contributed by atoms with Crippen molar-refractivity contribution < 1.29 is 4.79 Å². The van der Waals surface area contributed by atoms with Crippen LogP contribution < -0.4 is 10.6 Å². The average molecular weight is 312 g/mol. The number of nitrogens with zero attached hydrogens (tertiary/aromatic N) is 2. The number of hydrogen-bond acceptors (Lipinski definition) is 4. The number of anilines is 2. The molecule has 2 aromatic rings. The molecule has 0 aliphatic carbocycles. The molecule has 1 aromatic heterocycles. The molecule has 5 nitrogen and oxygen atoms in total. The summed E-state index contributed by atoms with van der Waals surface area (Å²) in [5.74, 6) is -0.0937. The van der Waals surface area contributed by atoms with Crippen molar-refractivity contribution in [1.82, 2.24) is 15.2 Å². The van der Waals surface area contributed by atoms with Gasteiger partial charge >= 0.3 is 0 Å². The Morgan fingerprint density at radius 1 is 1.13 bits per heavy atom. The molecule has 0 fully saturated rings. The first-order chi connectivity index (χ1) is 11.0. The van der Waals surface area contributed by atoms with Gasteiger partial charge in [-0.3, -0.25) is 9.78 Å². The molecule has 5 heteroatoms. The van der Waals surface area contributed by atoms with Gasteiger partial charge in [0.25, 0.3) is 5.91 Å². The van der Waals surface area contributed by atoms with Crippen LogP contribution >= 0.6 is 0 Å². The van der Waals surface area contributed by atoms with E-state index in [1.807, 2.05) is 51.4 Å². The standard InChI is InChI=1S/C18H24N4O/c1-14-5-7-16(8-6-14)21-17-11-15(12-19-13-17)18(23)20-9-4-10-22(2)3/h5-8,11-13,21H,4,9-10H2,1-3H3,(H,20,23). The van der Waals surface area contributed by atoms with Crippen LogP contribution in [0.25, 0.3) is 0 Å². The van der Waals surface area contributed by atoms with E-state index in [9.17, 15) is 4.79 Å². The van der Waals surface area contributed by atoms with Crippen LogP contribution in [0, 0.1) is 6.92 Å². The highest BCUT2D eigenvalue weighted by molar-refractivity contribution is 5.94. The molecule has 122 valence electrons. The number of aromatic nitrogens is 1. The molecule has 0 radical (unpaired) electrons. The second kappa shape index (κ2) is 8.29. The first-order valence-corrected chi connectivity index (χ1v) is 7.76. The third-order valence-electron chi connectivity index (χ3n) is 3.41. The normalized spacial score (nSPS) is 10.6. The Balaban J connectivity index is 1.93. The smallest absolute Gasteiger partial charge is 0.252 e. The SMILES string of the molecule is Cc1ccc(Nc2cncc(C(=O)NCCCN(C)C)c2)cc1. The first-order valence-electron chi connectivity index (χ1n) is 7.76. The average Bonchev–Trinajstić information content (AvgIpc) is 2.54. The van der Waals surface area contributed by atoms with Crippen LogP contribution in [0.15, 0.2) is 42.7 Å². The molecule has 0 saturated heterocycles. The van der Waals surface area contributed by atoms with Crippen LogP contribution in [0.5, 0.6) is 0 Å². The van der Waals surface area contributed by atoms with Crippen molar-refractivity contribution in [3.63, 3.8) is 0 Å². The molecule has 0 atom stereocenters. The van der Waals surface area contributed by atoms with Gasteiger partial charge in [0.1, 0.15) is 0 Å². The van der Waals surface area contributed by atoms with Gasteiger partial charge in [-0.1, -0.05) is 17.7 Å². The van der Waals surface area contributed by atoms with Crippen molar-refractivity contribution in [3.8, 4) is 0 Å². The van der Waals surface area contributed by atoms with Crippen molar-refractivity contribution in [2.24, 2.45) is 0 Å². The fourth-order valence-electron chi connectivity index (χ4n) is 2.14. The summed E-state index contributed by atoms with van der Waals surface area (Å²) in [7, 11) is 4.04. The van der Waals surface area contributed by atoms with Crippen molar-refractivity contribution in [1.29, 1.82) is 0 Å². The maximum absolute atomic E-state index is 12.1. The zero-order valence-corrected chi connectivity index (χ0v) is 14.0. The summed E-state index contributed by atoms with van der Waals surface area (Å²) in [6, 6.07) is 9.90. The van der Waals surface area contributed by atoms with E-state index in [1.54, 1.807) is 12.4 Å². The number of carbonyl (C=O) groups is 1. The fourth-order valence-corrected chi connectivity index (χ4v) is 2.14. The Kier molecular flexibility index (Phi) is 6.11. The molecular formula is C18H24N4O. The zero-order chi connectivity index (χ0) is 16.7. The number of aryl methyl sites for hydroxylation is 1. The van der Waals surface area contributed by atoms with Gasteiger partial charge in [-0.25, -0.2) is 0 Å². The molecule has 1 aromatic carbocycles. The van der Waals surface area contributed by atoms with Crippen LogP contribution in [0.2, 0.25) is 0 Å². The predicted molar refractivity (Wildman–Crippen MR) is 94.2 cm³/mol. The van der Waals surface area contributed by atoms with Crippen LogP contribution in [0.4, 0.5) is 11.4 Å². The molecule has 2 N–H and O–H groups in total. The van der Waals surface area contributed by atoms with Crippen LogP contribution in [-0.4, -0.2) is 43.0 Å². The summed E-state index contributed by atoms with van der Waals surface area (Å²) in [5, 5.41) is 6.18. The monoisotopic (exact) mass is 312 g/mol. The summed E-state index contributed by atoms with van der Waals surface area (Å²) in [4.78, 5) is 18.4. The van der Waals surface area contributed by atoms with E-state index in [0.29, 0.717) is 12.1 Å². The largest absolute Gasteiger partial charge is 0.354 e. The lowest BCUT2D eigenvalue weighted by molar-refractivity contribution is 0.0952. The summed E-state index contributed by atoms with van der Waals surface area (Å²) in [6.07, 6.45) is 4.22. The highest BCUT2D eigenvalue weighted by Crippen LogP contribution is 2.17. The minimum Gasteiger partial charge on any atom is -0.354 e. The maximum Gasteiger partial charge on any atom is 0.252 e. The minimum absolute atomic E-state index is 0.0937. The summed E-state index contributed by atoms with van der Waals surface area (Å²) in [6.45, 7) is 3.66. The molecule has 1 amide bonds. The second-order valence-electron chi connectivity index (χ2n) is 5.87. The number of pyridine rings is 1. The topological polar surface area (TPSA) is 57.3 Å². The quantitative estimate of drug-likeness (QED) is 0.772. The van der Waals surface area contributed by atoms with Crippen molar-refractivity contribution >= 4 is 17.3 Å². The molecule has 0 aliphatic rings. The van der Waals surface area contributed by atoms with Crippen LogP contribution in [0.3, 0.4) is 0 Å². The molecule has 2 rings (SSSR count). The third kappa shape index (κ3) is 5.71. The van der Waals surface area contributed by atoms with Gasteiger partial charge < -0.3 is 15.5 Å². The Morgan fingerprint density at radius 2 is 1.87 bits per heavy atom. The Hall–Kier alpha value is -2.40. The Bertz CT molecular complexity index is 638. The third-order valence-corrected chi connectivity index (χ3v) is 3.41. The van der Waals surface area contributed by atoms with Crippen molar-refractivity contribution in [3.05, 3.63) is 53.9 Å². The van der Waals surface area contributed by atoms with Gasteiger partial charge in [-0.05, 0) is 52.2 Å². The van der Waals surface area contributed by atoms with E-state index in [0.717, 1.165) is 24.3 Å². The van der Waals surface area contributed by atoms with Gasteiger partial charge in [0.2, 0.25) is 0 Å². The number of rotatable bonds is 7. The van der Waals surface area contributed by atoms with E-state index in [4.69, 9.17) is 0 Å². The van der Waals surface area contributed by atoms with E-state index < -0.39 is 0 Å². The molecular weight excluding hydrogens is 288 g/mol. The number of benzene rings is 1. The number of carbonyl (C=O) groups excluding carboxylic acids is 1. The Labute approximate surface area is 137 Å². The number of hydrogen-bond donors (Lipinski definition) is 2. The van der Waals surface area contributed by atoms with E-state index in [1.165, 1.54) is 5.56 Å². The predicted octanol–water partition coefficient (Wildman–Crippen LogP) is 2.82. The minimum atomic E-state index is -0.0937.